The molecule has 0 amide bonds. The largest absolute Gasteiger partial charge is 0.433 e. The Balaban J connectivity index is 2.36. The lowest BCUT2D eigenvalue weighted by molar-refractivity contribution is -0.141. The summed E-state index contributed by atoms with van der Waals surface area (Å²) < 4.78 is 66.1. The average molecular weight is 439 g/mol. The van der Waals surface area contributed by atoms with Gasteiger partial charge in [-0.2, -0.15) is 13.2 Å². The first kappa shape index (κ1) is 21.8. The van der Waals surface area contributed by atoms with E-state index in [-0.39, 0.29) is 33.4 Å². The van der Waals surface area contributed by atoms with Crippen LogP contribution < -0.4 is 5.73 Å². The number of halogens is 3. The summed E-state index contributed by atoms with van der Waals surface area (Å²) in [6.07, 6.45) is -3.55. The molecule has 1 aromatic carbocycles. The van der Waals surface area contributed by atoms with E-state index in [0.29, 0.717) is 16.8 Å². The van der Waals surface area contributed by atoms with Gasteiger partial charge >= 0.3 is 6.18 Å². The van der Waals surface area contributed by atoms with Crippen LogP contribution in [0.15, 0.2) is 34.3 Å². The van der Waals surface area contributed by atoms with Crippen molar-refractivity contribution < 1.29 is 21.6 Å². The fourth-order valence-corrected chi connectivity index (χ4v) is 4.21. The summed E-state index contributed by atoms with van der Waals surface area (Å²) in [6, 6.07) is 3.85. The molecular formula is C19H20F3N5O2S. The Hall–Kier alpha value is -2.95. The van der Waals surface area contributed by atoms with Gasteiger partial charge in [0, 0.05) is 12.6 Å². The van der Waals surface area contributed by atoms with Crippen molar-refractivity contribution in [2.75, 3.05) is 5.75 Å². The van der Waals surface area contributed by atoms with Gasteiger partial charge in [-0.1, -0.05) is 6.92 Å². The number of rotatable bonds is 4. The topological polar surface area (TPSA) is 103 Å². The van der Waals surface area contributed by atoms with Crippen molar-refractivity contribution in [2.45, 2.75) is 31.8 Å². The first-order valence-corrected chi connectivity index (χ1v) is 10.6. The summed E-state index contributed by atoms with van der Waals surface area (Å²) >= 11 is 0. The Kier molecular flexibility index (Phi) is 5.35. The number of nitrogens with zero attached hydrogens (tertiary/aromatic N) is 4. The van der Waals surface area contributed by atoms with Crippen LogP contribution in [-0.4, -0.2) is 34.5 Å². The van der Waals surface area contributed by atoms with Crippen LogP contribution in [0.5, 0.6) is 0 Å². The van der Waals surface area contributed by atoms with Crippen molar-refractivity contribution in [3.05, 3.63) is 35.7 Å². The zero-order valence-corrected chi connectivity index (χ0v) is 17.6. The van der Waals surface area contributed by atoms with E-state index < -0.39 is 21.7 Å². The van der Waals surface area contributed by atoms with Gasteiger partial charge in [0.25, 0.3) is 0 Å². The molecule has 0 aliphatic heterocycles. The van der Waals surface area contributed by atoms with E-state index in [2.05, 4.69) is 15.0 Å². The number of aryl methyl sites for hydroxylation is 2. The van der Waals surface area contributed by atoms with Gasteiger partial charge in [0.1, 0.15) is 11.5 Å². The maximum Gasteiger partial charge on any atom is 0.433 e. The summed E-state index contributed by atoms with van der Waals surface area (Å²) in [6.45, 7) is 4.81. The zero-order valence-electron chi connectivity index (χ0n) is 16.7. The molecule has 0 bridgehead atoms. The lowest BCUT2D eigenvalue weighted by Crippen LogP contribution is -2.09. The van der Waals surface area contributed by atoms with E-state index in [0.717, 1.165) is 12.3 Å². The Morgan fingerprint density at radius 2 is 1.93 bits per heavy atom. The first-order chi connectivity index (χ1) is 13.8. The summed E-state index contributed by atoms with van der Waals surface area (Å²) in [5.41, 5.74) is 6.25. The van der Waals surface area contributed by atoms with E-state index in [1.165, 1.54) is 23.6 Å². The molecule has 0 atom stereocenters. The van der Waals surface area contributed by atoms with Crippen molar-refractivity contribution in [3.63, 3.8) is 0 Å². The van der Waals surface area contributed by atoms with Gasteiger partial charge in [-0.25, -0.2) is 23.4 Å². The van der Waals surface area contributed by atoms with E-state index in [4.69, 9.17) is 5.73 Å². The fourth-order valence-electron chi connectivity index (χ4n) is 3.05. The highest BCUT2D eigenvalue weighted by Gasteiger charge is 2.33. The minimum absolute atomic E-state index is 0.0264. The van der Waals surface area contributed by atoms with Gasteiger partial charge in [0.05, 0.1) is 39.4 Å². The molecule has 2 N–H and O–H groups in total. The molecule has 0 fully saturated rings. The molecule has 7 nitrogen and oxygen atoms in total. The van der Waals surface area contributed by atoms with Crippen molar-refractivity contribution in [2.24, 2.45) is 17.8 Å². The van der Waals surface area contributed by atoms with Crippen LogP contribution in [0.1, 0.15) is 25.1 Å². The number of amidine groups is 1. The molecule has 0 unspecified atom stereocenters. The maximum atomic E-state index is 13.0. The highest BCUT2D eigenvalue weighted by atomic mass is 32.2. The number of aliphatic imine (C=N–C) groups is 1. The third-order valence-corrected chi connectivity index (χ3v) is 6.38. The summed E-state index contributed by atoms with van der Waals surface area (Å²) in [4.78, 5) is 12.0. The Bertz CT molecular complexity index is 1270. The average Bonchev–Trinajstić information content (AvgIpc) is 2.98. The van der Waals surface area contributed by atoms with E-state index >= 15 is 0 Å². The predicted octanol–water partition coefficient (Wildman–Crippen LogP) is 3.76. The van der Waals surface area contributed by atoms with E-state index in [1.54, 1.807) is 20.9 Å². The van der Waals surface area contributed by atoms with Crippen LogP contribution in [0.4, 0.5) is 18.9 Å². The highest BCUT2D eigenvalue weighted by Crippen LogP contribution is 2.36. The molecule has 0 saturated heterocycles. The monoisotopic (exact) mass is 439 g/mol. The number of hydrogen-bond acceptors (Lipinski definition) is 5. The first-order valence-electron chi connectivity index (χ1n) is 8.93. The SMILES string of the molecule is CCS(=O)(=O)c1cc(C)c(N=C(C)N)cc1-c1nc2cc(C(F)(F)F)ncc2n1C. The molecule has 3 rings (SSSR count). The summed E-state index contributed by atoms with van der Waals surface area (Å²) in [5.74, 6) is 0.310. The molecule has 2 heterocycles. The summed E-state index contributed by atoms with van der Waals surface area (Å²) in [5, 5.41) is 0. The van der Waals surface area contributed by atoms with Gasteiger partial charge in [-0.05, 0) is 37.6 Å². The number of aromatic nitrogens is 3. The number of hydrogen-bond donors (Lipinski definition) is 1. The molecular weight excluding hydrogens is 419 g/mol. The van der Waals surface area contributed by atoms with Crippen molar-refractivity contribution in [1.29, 1.82) is 0 Å². The standard InChI is InChI=1S/C19H20F3N5O2S/c1-5-30(28,29)16-6-10(2)13(25-11(3)23)7-12(16)18-26-14-8-17(19(20,21)22)24-9-15(14)27(18)4/h6-9H,5H2,1-4H3,(H2,23,25). The smallest absolute Gasteiger partial charge is 0.387 e. The Labute approximate surface area is 171 Å². The molecule has 0 aliphatic rings. The number of nitrogens with two attached hydrogens (primary N) is 1. The second-order valence-electron chi connectivity index (χ2n) is 6.84. The van der Waals surface area contributed by atoms with Crippen molar-refractivity contribution >= 4 is 32.4 Å². The van der Waals surface area contributed by atoms with E-state index in [9.17, 15) is 21.6 Å². The van der Waals surface area contributed by atoms with Gasteiger partial charge in [-0.15, -0.1) is 0 Å². The molecule has 0 aliphatic carbocycles. The third kappa shape index (κ3) is 3.89. The number of pyridine rings is 1. The second kappa shape index (κ2) is 7.38. The number of alkyl halides is 3. The van der Waals surface area contributed by atoms with E-state index in [1.807, 2.05) is 0 Å². The maximum absolute atomic E-state index is 13.0. The van der Waals surface area contributed by atoms with Crippen molar-refractivity contribution in [3.8, 4) is 11.4 Å². The number of benzene rings is 1. The molecule has 30 heavy (non-hydrogen) atoms. The van der Waals surface area contributed by atoms with Crippen molar-refractivity contribution in [1.82, 2.24) is 14.5 Å². The van der Waals surface area contributed by atoms with Crippen LogP contribution in [0.25, 0.3) is 22.4 Å². The Morgan fingerprint density at radius 1 is 1.27 bits per heavy atom. The Morgan fingerprint density at radius 3 is 2.50 bits per heavy atom. The minimum atomic E-state index is -4.62. The third-order valence-electron chi connectivity index (χ3n) is 4.61. The normalized spacial score (nSPS) is 13.2. The van der Waals surface area contributed by atoms with Crippen LogP contribution in [0, 0.1) is 6.92 Å². The summed E-state index contributed by atoms with van der Waals surface area (Å²) in [7, 11) is -2.08. The van der Waals surface area contributed by atoms with Gasteiger partial charge in [0.15, 0.2) is 9.84 Å². The van der Waals surface area contributed by atoms with Crippen LogP contribution >= 0.6 is 0 Å². The second-order valence-corrected chi connectivity index (χ2v) is 9.09. The van der Waals surface area contributed by atoms with Gasteiger partial charge in [-0.3, -0.25) is 0 Å². The number of sulfone groups is 1. The molecule has 2 aromatic heterocycles. The molecule has 0 spiro atoms. The van der Waals surface area contributed by atoms with Crippen LogP contribution in [0.2, 0.25) is 0 Å². The van der Waals surface area contributed by atoms with Gasteiger partial charge in [0.2, 0.25) is 0 Å². The molecule has 160 valence electrons. The lowest BCUT2D eigenvalue weighted by Gasteiger charge is -2.13. The molecule has 3 aromatic rings. The highest BCUT2D eigenvalue weighted by molar-refractivity contribution is 7.91. The molecule has 0 radical (unpaired) electrons. The number of imidazole rings is 1. The zero-order chi connectivity index (χ0) is 22.4. The molecule has 11 heteroatoms. The lowest BCUT2D eigenvalue weighted by atomic mass is 10.1. The van der Waals surface area contributed by atoms with Crippen LogP contribution in [-0.2, 0) is 23.1 Å². The quantitative estimate of drug-likeness (QED) is 0.492. The fraction of sp³-hybridized carbons (Fsp3) is 0.316. The van der Waals surface area contributed by atoms with Gasteiger partial charge < -0.3 is 10.3 Å². The predicted molar refractivity (Wildman–Crippen MR) is 108 cm³/mol. The minimum Gasteiger partial charge on any atom is -0.387 e. The number of fused-ring (bicyclic) bond motifs is 1. The van der Waals surface area contributed by atoms with Crippen LogP contribution in [0.3, 0.4) is 0 Å². The molecule has 0 saturated carbocycles.